The molecule has 2 rings (SSSR count). The van der Waals surface area contributed by atoms with Crippen LogP contribution in [-0.4, -0.2) is 0 Å². The van der Waals surface area contributed by atoms with Crippen LogP contribution in [0, 0.1) is 17.3 Å². The third kappa shape index (κ3) is 2.73. The van der Waals surface area contributed by atoms with Gasteiger partial charge in [-0.1, -0.05) is 49.3 Å². The Hall–Kier alpha value is -0.780. The van der Waals surface area contributed by atoms with Crippen LogP contribution in [0.1, 0.15) is 53.4 Å². The van der Waals surface area contributed by atoms with Gasteiger partial charge in [0, 0.05) is 0 Å². The quantitative estimate of drug-likeness (QED) is 0.566. The first-order valence-electron chi connectivity index (χ1n) is 7.00. The minimum atomic E-state index is 0.435. The van der Waals surface area contributed by atoms with E-state index in [0.29, 0.717) is 5.41 Å². The second kappa shape index (κ2) is 4.84. The van der Waals surface area contributed by atoms with Crippen LogP contribution in [0.2, 0.25) is 0 Å². The van der Waals surface area contributed by atoms with Crippen molar-refractivity contribution >= 4 is 0 Å². The zero-order valence-corrected chi connectivity index (χ0v) is 11.8. The maximum Gasteiger partial charge on any atom is -0.0141 e. The van der Waals surface area contributed by atoms with Crippen LogP contribution in [0.15, 0.2) is 35.5 Å². The average Bonchev–Trinajstić information content (AvgIpc) is 2.30. The van der Waals surface area contributed by atoms with E-state index in [1.807, 2.05) is 0 Å². The first-order chi connectivity index (χ1) is 8.00. The molecular formula is C17H26. The highest BCUT2D eigenvalue weighted by Gasteiger charge is 2.36. The highest BCUT2D eigenvalue weighted by atomic mass is 14.4. The monoisotopic (exact) mass is 230 g/mol. The summed E-state index contributed by atoms with van der Waals surface area (Å²) in [7, 11) is 0. The Labute approximate surface area is 106 Å². The fraction of sp³-hybridized carbons (Fsp3) is 0.647. The molecule has 0 aromatic carbocycles. The molecule has 0 aromatic rings. The Morgan fingerprint density at radius 1 is 1.12 bits per heavy atom. The molecule has 2 aliphatic rings. The molecule has 2 aliphatic carbocycles. The zero-order chi connectivity index (χ0) is 12.5. The van der Waals surface area contributed by atoms with E-state index in [0.717, 1.165) is 11.8 Å². The van der Waals surface area contributed by atoms with E-state index in [9.17, 15) is 0 Å². The van der Waals surface area contributed by atoms with Gasteiger partial charge in [-0.2, -0.15) is 0 Å². The van der Waals surface area contributed by atoms with Crippen molar-refractivity contribution in [3.05, 3.63) is 35.5 Å². The normalized spacial score (nSPS) is 29.9. The highest BCUT2D eigenvalue weighted by molar-refractivity contribution is 5.23. The van der Waals surface area contributed by atoms with Crippen molar-refractivity contribution in [3.63, 3.8) is 0 Å². The molecule has 0 saturated heterocycles. The summed E-state index contributed by atoms with van der Waals surface area (Å²) in [5.41, 5.74) is 3.45. The molecule has 0 nitrogen and oxygen atoms in total. The maximum absolute atomic E-state index is 2.47. The third-order valence-electron chi connectivity index (χ3n) is 4.93. The van der Waals surface area contributed by atoms with E-state index in [-0.39, 0.29) is 0 Å². The van der Waals surface area contributed by atoms with Crippen molar-refractivity contribution in [2.45, 2.75) is 53.4 Å². The fourth-order valence-electron chi connectivity index (χ4n) is 3.22. The van der Waals surface area contributed by atoms with Gasteiger partial charge in [0.15, 0.2) is 0 Å². The molecular weight excluding hydrogens is 204 g/mol. The predicted octanol–water partition coefficient (Wildman–Crippen LogP) is 5.28. The van der Waals surface area contributed by atoms with Gasteiger partial charge < -0.3 is 0 Å². The minimum absolute atomic E-state index is 0.435. The van der Waals surface area contributed by atoms with Gasteiger partial charge in [0.05, 0.1) is 0 Å². The minimum Gasteiger partial charge on any atom is -0.0853 e. The topological polar surface area (TPSA) is 0 Å². The van der Waals surface area contributed by atoms with Gasteiger partial charge in [0.1, 0.15) is 0 Å². The lowest BCUT2D eigenvalue weighted by Crippen LogP contribution is -2.33. The van der Waals surface area contributed by atoms with Crippen LogP contribution in [-0.2, 0) is 0 Å². The van der Waals surface area contributed by atoms with Gasteiger partial charge in [-0.05, 0) is 56.8 Å². The third-order valence-corrected chi connectivity index (χ3v) is 4.93. The van der Waals surface area contributed by atoms with E-state index < -0.39 is 0 Å². The predicted molar refractivity (Wildman–Crippen MR) is 75.9 cm³/mol. The SMILES string of the molecule is CC1=CCC(C(C)(C)C2CC=C(C)CC2)C=C1. The molecule has 0 aliphatic heterocycles. The van der Waals surface area contributed by atoms with Crippen LogP contribution < -0.4 is 0 Å². The van der Waals surface area contributed by atoms with Crippen molar-refractivity contribution in [1.29, 1.82) is 0 Å². The molecule has 17 heavy (non-hydrogen) atoms. The van der Waals surface area contributed by atoms with Gasteiger partial charge in [-0.15, -0.1) is 0 Å². The molecule has 0 N–H and O–H groups in total. The van der Waals surface area contributed by atoms with E-state index in [4.69, 9.17) is 0 Å². The molecule has 0 amide bonds. The van der Waals surface area contributed by atoms with Crippen LogP contribution in [0.3, 0.4) is 0 Å². The van der Waals surface area contributed by atoms with Gasteiger partial charge in [0.2, 0.25) is 0 Å². The molecule has 0 fully saturated rings. The Kier molecular flexibility index (Phi) is 3.61. The second-order valence-corrected chi connectivity index (χ2v) is 6.49. The van der Waals surface area contributed by atoms with Crippen molar-refractivity contribution in [3.8, 4) is 0 Å². The lowest BCUT2D eigenvalue weighted by Gasteiger charge is -2.42. The number of hydrogen-bond donors (Lipinski definition) is 0. The standard InChI is InChI=1S/C17H26/c1-13-5-9-15(10-6-13)17(3,4)16-11-7-14(2)8-12-16/h5-7,9,15-16H,8,10-12H2,1-4H3. The molecule has 2 unspecified atom stereocenters. The Bertz CT molecular complexity index is 365. The van der Waals surface area contributed by atoms with E-state index in [1.165, 1.54) is 31.3 Å². The molecule has 0 aromatic heterocycles. The molecule has 2 atom stereocenters. The maximum atomic E-state index is 2.47. The first kappa shape index (κ1) is 12.7. The fourth-order valence-corrected chi connectivity index (χ4v) is 3.22. The zero-order valence-electron chi connectivity index (χ0n) is 11.8. The summed E-state index contributed by atoms with van der Waals surface area (Å²) in [6, 6.07) is 0. The van der Waals surface area contributed by atoms with Crippen molar-refractivity contribution in [2.75, 3.05) is 0 Å². The van der Waals surface area contributed by atoms with Crippen LogP contribution in [0.25, 0.3) is 0 Å². The van der Waals surface area contributed by atoms with Crippen molar-refractivity contribution < 1.29 is 0 Å². The highest BCUT2D eigenvalue weighted by Crippen LogP contribution is 2.45. The Morgan fingerprint density at radius 3 is 2.41 bits per heavy atom. The summed E-state index contributed by atoms with van der Waals surface area (Å²) in [6.07, 6.45) is 14.8. The molecule has 94 valence electrons. The molecule has 0 heteroatoms. The average molecular weight is 230 g/mol. The molecule has 0 bridgehead atoms. The van der Waals surface area contributed by atoms with Gasteiger partial charge >= 0.3 is 0 Å². The lowest BCUT2D eigenvalue weighted by molar-refractivity contribution is 0.133. The summed E-state index contributed by atoms with van der Waals surface area (Å²) in [6.45, 7) is 9.41. The summed E-state index contributed by atoms with van der Waals surface area (Å²) in [4.78, 5) is 0. The van der Waals surface area contributed by atoms with Crippen LogP contribution in [0.4, 0.5) is 0 Å². The largest absolute Gasteiger partial charge is 0.0853 e. The smallest absolute Gasteiger partial charge is 0.0141 e. The summed E-state index contributed by atoms with van der Waals surface area (Å²) in [5.74, 6) is 1.58. The van der Waals surface area contributed by atoms with Crippen LogP contribution >= 0.6 is 0 Å². The van der Waals surface area contributed by atoms with E-state index in [2.05, 4.69) is 52.0 Å². The van der Waals surface area contributed by atoms with Crippen LogP contribution in [0.5, 0.6) is 0 Å². The first-order valence-corrected chi connectivity index (χ1v) is 7.00. The van der Waals surface area contributed by atoms with Crippen molar-refractivity contribution in [1.82, 2.24) is 0 Å². The molecule has 0 spiro atoms. The van der Waals surface area contributed by atoms with E-state index in [1.54, 1.807) is 5.57 Å². The van der Waals surface area contributed by atoms with Gasteiger partial charge in [-0.25, -0.2) is 0 Å². The van der Waals surface area contributed by atoms with Crippen molar-refractivity contribution in [2.24, 2.45) is 17.3 Å². The van der Waals surface area contributed by atoms with Gasteiger partial charge in [-0.3, -0.25) is 0 Å². The summed E-state index contributed by atoms with van der Waals surface area (Å²) >= 11 is 0. The molecule has 0 saturated carbocycles. The lowest BCUT2D eigenvalue weighted by atomic mass is 9.63. The summed E-state index contributed by atoms with van der Waals surface area (Å²) in [5, 5.41) is 0. The van der Waals surface area contributed by atoms with E-state index >= 15 is 0 Å². The van der Waals surface area contributed by atoms with Gasteiger partial charge in [0.25, 0.3) is 0 Å². The molecule has 0 radical (unpaired) electrons. The number of allylic oxidation sites excluding steroid dienone is 6. The molecule has 0 heterocycles. The second-order valence-electron chi connectivity index (χ2n) is 6.49. The Balaban J connectivity index is 2.06. The number of rotatable bonds is 2. The number of hydrogen-bond acceptors (Lipinski definition) is 0. The Morgan fingerprint density at radius 2 is 1.88 bits per heavy atom. The summed E-state index contributed by atoms with van der Waals surface area (Å²) < 4.78 is 0.